The van der Waals surface area contributed by atoms with Crippen LogP contribution in [0.5, 0.6) is 0 Å². The van der Waals surface area contributed by atoms with E-state index >= 15 is 0 Å². The van der Waals surface area contributed by atoms with Crippen LogP contribution in [0.1, 0.15) is 78.0 Å². The van der Waals surface area contributed by atoms with E-state index < -0.39 is 0 Å². The number of aryl methyl sites for hydroxylation is 1. The molecule has 0 saturated heterocycles. The molecule has 0 aliphatic heterocycles. The number of amides is 1. The number of hydrogen-bond acceptors (Lipinski definition) is 3. The Balaban J connectivity index is 2.52. The summed E-state index contributed by atoms with van der Waals surface area (Å²) in [6.45, 7) is 13.5. The number of aromatic nitrogens is 2. The quantitative estimate of drug-likeness (QED) is 0.463. The molecule has 0 aromatic carbocycles. The molecule has 1 aromatic rings. The van der Waals surface area contributed by atoms with E-state index in [9.17, 15) is 4.79 Å². The molecule has 0 aliphatic carbocycles. The highest BCUT2D eigenvalue weighted by Gasteiger charge is 2.20. The lowest BCUT2D eigenvalue weighted by Crippen LogP contribution is -2.44. The molecule has 0 aliphatic rings. The molecule has 0 spiro atoms. The second-order valence-electron chi connectivity index (χ2n) is 7.34. The van der Waals surface area contributed by atoms with Gasteiger partial charge in [-0.25, -0.2) is 0 Å². The molecule has 1 rings (SSSR count). The molecule has 1 amide bonds. The van der Waals surface area contributed by atoms with Crippen LogP contribution in [0.3, 0.4) is 0 Å². The van der Waals surface area contributed by atoms with Crippen molar-refractivity contribution in [1.29, 1.82) is 0 Å². The number of rotatable bonds is 13. The van der Waals surface area contributed by atoms with E-state index in [-0.39, 0.29) is 18.0 Å². The second-order valence-corrected chi connectivity index (χ2v) is 8.20. The summed E-state index contributed by atoms with van der Waals surface area (Å²) >= 11 is 3.46. The first-order valence-electron chi connectivity index (χ1n) is 10.1. The highest BCUT2D eigenvalue weighted by atomic mass is 79.9. The van der Waals surface area contributed by atoms with E-state index in [0.29, 0.717) is 0 Å². The van der Waals surface area contributed by atoms with Gasteiger partial charge in [0.1, 0.15) is 6.04 Å². The first-order valence-corrected chi connectivity index (χ1v) is 10.9. The summed E-state index contributed by atoms with van der Waals surface area (Å²) < 4.78 is 2.66. The van der Waals surface area contributed by atoms with Gasteiger partial charge in [-0.3, -0.25) is 9.48 Å². The monoisotopic (exact) mass is 428 g/mol. The topological polar surface area (TPSA) is 50.2 Å². The van der Waals surface area contributed by atoms with Crippen molar-refractivity contribution < 1.29 is 4.79 Å². The Morgan fingerprint density at radius 1 is 1.19 bits per heavy atom. The Morgan fingerprint density at radius 2 is 1.77 bits per heavy atom. The van der Waals surface area contributed by atoms with Crippen molar-refractivity contribution in [3.05, 3.63) is 16.4 Å². The van der Waals surface area contributed by atoms with Crippen LogP contribution in [0.25, 0.3) is 0 Å². The number of unbranched alkanes of at least 4 members (excludes halogenated alkanes) is 4. The summed E-state index contributed by atoms with van der Waals surface area (Å²) in [4.78, 5) is 15.1. The van der Waals surface area contributed by atoms with E-state index in [1.165, 1.54) is 38.5 Å². The number of nitrogens with one attached hydrogen (secondary N) is 1. The Morgan fingerprint density at radius 3 is 2.23 bits per heavy atom. The van der Waals surface area contributed by atoms with Crippen molar-refractivity contribution in [1.82, 2.24) is 20.0 Å². The maximum Gasteiger partial charge on any atom is 0.244 e. The van der Waals surface area contributed by atoms with Gasteiger partial charge in [-0.2, -0.15) is 5.10 Å². The van der Waals surface area contributed by atoms with Crippen molar-refractivity contribution in [2.24, 2.45) is 0 Å². The van der Waals surface area contributed by atoms with Gasteiger partial charge in [0.25, 0.3) is 0 Å². The molecule has 0 fully saturated rings. The smallest absolute Gasteiger partial charge is 0.244 e. The lowest BCUT2D eigenvalue weighted by molar-refractivity contribution is -0.124. The summed E-state index contributed by atoms with van der Waals surface area (Å²) in [5.41, 5.74) is 0.899. The van der Waals surface area contributed by atoms with Crippen molar-refractivity contribution in [3.8, 4) is 0 Å². The normalized spacial score (nSPS) is 13.8. The second kappa shape index (κ2) is 12.5. The maximum absolute atomic E-state index is 12.6. The molecular weight excluding hydrogens is 392 g/mol. The molecule has 150 valence electrons. The zero-order valence-corrected chi connectivity index (χ0v) is 18.8. The van der Waals surface area contributed by atoms with E-state index in [1.54, 1.807) is 4.68 Å². The molecule has 6 heteroatoms. The molecule has 5 nitrogen and oxygen atoms in total. The number of carbonyl (C=O) groups is 1. The largest absolute Gasteiger partial charge is 0.351 e. The van der Waals surface area contributed by atoms with Gasteiger partial charge in [0.15, 0.2) is 0 Å². The predicted molar refractivity (Wildman–Crippen MR) is 112 cm³/mol. The van der Waals surface area contributed by atoms with Gasteiger partial charge in [-0.15, -0.1) is 0 Å². The van der Waals surface area contributed by atoms with E-state index in [0.717, 1.165) is 29.8 Å². The zero-order valence-electron chi connectivity index (χ0n) is 17.2. The zero-order chi connectivity index (χ0) is 19.5. The van der Waals surface area contributed by atoms with Crippen molar-refractivity contribution in [2.45, 2.75) is 85.2 Å². The van der Waals surface area contributed by atoms with Gasteiger partial charge in [0.2, 0.25) is 5.91 Å². The van der Waals surface area contributed by atoms with Gasteiger partial charge >= 0.3 is 0 Å². The Hall–Kier alpha value is -0.880. The van der Waals surface area contributed by atoms with E-state index in [2.05, 4.69) is 52.0 Å². The number of halogens is 1. The van der Waals surface area contributed by atoms with Crippen LogP contribution in [0.15, 0.2) is 10.7 Å². The highest BCUT2D eigenvalue weighted by molar-refractivity contribution is 9.10. The molecule has 0 unspecified atom stereocenters. The Bertz CT molecular complexity index is 502. The molecule has 0 radical (unpaired) electrons. The molecule has 0 bridgehead atoms. The highest BCUT2D eigenvalue weighted by Crippen LogP contribution is 2.16. The number of hydrogen-bond donors (Lipinski definition) is 1. The number of carbonyl (C=O) groups excluding carboxylic acids is 1. The fourth-order valence-corrected chi connectivity index (χ4v) is 3.33. The third-order valence-electron chi connectivity index (χ3n) is 4.71. The van der Waals surface area contributed by atoms with Crippen LogP contribution in [0.4, 0.5) is 0 Å². The van der Waals surface area contributed by atoms with Crippen molar-refractivity contribution in [2.75, 3.05) is 19.6 Å². The maximum atomic E-state index is 12.6. The lowest BCUT2D eigenvalue weighted by Gasteiger charge is -2.27. The van der Waals surface area contributed by atoms with Crippen LogP contribution >= 0.6 is 15.9 Å². The van der Waals surface area contributed by atoms with Crippen LogP contribution in [-0.2, 0) is 4.79 Å². The van der Waals surface area contributed by atoms with Crippen LogP contribution in [0, 0.1) is 6.92 Å². The van der Waals surface area contributed by atoms with Gasteiger partial charge < -0.3 is 10.2 Å². The lowest BCUT2D eigenvalue weighted by atomic mass is 10.2. The van der Waals surface area contributed by atoms with Gasteiger partial charge in [-0.1, -0.05) is 39.5 Å². The van der Waals surface area contributed by atoms with Crippen molar-refractivity contribution in [3.63, 3.8) is 0 Å². The minimum Gasteiger partial charge on any atom is -0.351 e. The third-order valence-corrected chi connectivity index (χ3v) is 5.49. The minimum absolute atomic E-state index is 0.0227. The fourth-order valence-electron chi connectivity index (χ4n) is 3.04. The van der Waals surface area contributed by atoms with Gasteiger partial charge in [-0.05, 0) is 62.6 Å². The average molecular weight is 429 g/mol. The van der Waals surface area contributed by atoms with Crippen molar-refractivity contribution >= 4 is 21.8 Å². The van der Waals surface area contributed by atoms with Crippen LogP contribution in [-0.4, -0.2) is 46.3 Å². The standard InChI is InChI=1S/C20H37BrN4O/c1-6-8-10-12-24(13-11-9-7-2)14-16(3)22-20(26)18(5)25-15-19(21)17(4)23-25/h15-16,18H,6-14H2,1-5H3,(H,22,26)/t16-,18-/m0/s1. The van der Waals surface area contributed by atoms with E-state index in [1.807, 2.05) is 20.0 Å². The first kappa shape index (κ1) is 23.2. The summed E-state index contributed by atoms with van der Waals surface area (Å²) in [5, 5.41) is 7.56. The molecule has 1 N–H and O–H groups in total. The molecule has 1 aromatic heterocycles. The molecular formula is C20H37BrN4O. The number of nitrogens with zero attached hydrogens (tertiary/aromatic N) is 3. The van der Waals surface area contributed by atoms with Gasteiger partial charge in [0.05, 0.1) is 10.2 Å². The SMILES string of the molecule is CCCCCN(CCCCC)C[C@H](C)NC(=O)[C@H](C)n1cc(Br)c(C)n1. The Kier molecular flexibility index (Phi) is 11.1. The van der Waals surface area contributed by atoms with Gasteiger partial charge in [0, 0.05) is 18.8 Å². The first-order chi connectivity index (χ1) is 12.4. The molecule has 1 heterocycles. The van der Waals surface area contributed by atoms with Crippen LogP contribution in [0.2, 0.25) is 0 Å². The van der Waals surface area contributed by atoms with Crippen LogP contribution < -0.4 is 5.32 Å². The third kappa shape index (κ3) is 8.21. The van der Waals surface area contributed by atoms with E-state index in [4.69, 9.17) is 0 Å². The molecule has 2 atom stereocenters. The summed E-state index contributed by atoms with van der Waals surface area (Å²) in [6.07, 6.45) is 9.37. The minimum atomic E-state index is -0.309. The molecule has 0 saturated carbocycles. The summed E-state index contributed by atoms with van der Waals surface area (Å²) in [6, 6.07) is -0.176. The predicted octanol–water partition coefficient (Wildman–Crippen LogP) is 4.70. The average Bonchev–Trinajstić information content (AvgIpc) is 2.93. The Labute approximate surface area is 168 Å². The summed E-state index contributed by atoms with van der Waals surface area (Å²) in [7, 11) is 0. The summed E-state index contributed by atoms with van der Waals surface area (Å²) in [5.74, 6) is 0.0227. The fraction of sp³-hybridized carbons (Fsp3) is 0.800. The molecule has 26 heavy (non-hydrogen) atoms.